The molecule has 0 saturated heterocycles. The van der Waals surface area contributed by atoms with Crippen molar-refractivity contribution in [2.45, 2.75) is 25.9 Å². The molecule has 1 aromatic heterocycles. The Morgan fingerprint density at radius 3 is 2.73 bits per heavy atom. The summed E-state index contributed by atoms with van der Waals surface area (Å²) in [6, 6.07) is 6.96. The molecule has 0 atom stereocenters. The highest BCUT2D eigenvalue weighted by atomic mass is 35.5. The largest absolute Gasteiger partial charge is 0.504 e. The number of rotatable bonds is 2. The molecule has 1 amide bonds. The lowest BCUT2D eigenvalue weighted by Gasteiger charge is -2.27. The van der Waals surface area contributed by atoms with Gasteiger partial charge in [0.2, 0.25) is 5.91 Å². The maximum absolute atomic E-state index is 12.5. The summed E-state index contributed by atoms with van der Waals surface area (Å²) in [5.41, 5.74) is 7.07. The molecule has 1 aliphatic rings. The summed E-state index contributed by atoms with van der Waals surface area (Å²) >= 11 is 5.88. The van der Waals surface area contributed by atoms with Gasteiger partial charge >= 0.3 is 0 Å². The zero-order chi connectivity index (χ0) is 18.2. The highest BCUT2D eigenvalue weighted by Crippen LogP contribution is 2.37. The Morgan fingerprint density at radius 2 is 2.12 bits per heavy atom. The van der Waals surface area contributed by atoms with Gasteiger partial charge in [-0.2, -0.15) is 0 Å². The lowest BCUT2D eigenvalue weighted by atomic mass is 10.0. The highest BCUT2D eigenvalue weighted by molar-refractivity contribution is 6.30. The van der Waals surface area contributed by atoms with Gasteiger partial charge in [0.15, 0.2) is 11.5 Å². The van der Waals surface area contributed by atoms with E-state index in [1.54, 1.807) is 43.1 Å². The molecule has 3 N–H and O–H groups in total. The van der Waals surface area contributed by atoms with E-state index in [9.17, 15) is 9.90 Å². The van der Waals surface area contributed by atoms with Crippen molar-refractivity contribution in [3.8, 4) is 22.8 Å². The number of hydrogen-bond donors (Lipinski definition) is 2. The van der Waals surface area contributed by atoms with E-state index >= 15 is 0 Å². The first-order valence-corrected chi connectivity index (χ1v) is 8.32. The number of nitrogens with zero attached hydrogens (tertiary/aromatic N) is 2. The lowest BCUT2D eigenvalue weighted by molar-refractivity contribution is -0.136. The third-order valence-electron chi connectivity index (χ3n) is 3.98. The first kappa shape index (κ1) is 20.3. The molecule has 140 valence electrons. The van der Waals surface area contributed by atoms with Crippen LogP contribution in [-0.2, 0) is 11.3 Å². The smallest absolute Gasteiger partial charge is 0.242 e. The molecule has 0 aliphatic carbocycles. The number of amides is 1. The van der Waals surface area contributed by atoms with Crippen LogP contribution in [0.15, 0.2) is 30.5 Å². The molecule has 0 radical (unpaired) electrons. The molecule has 6 nitrogen and oxygen atoms in total. The van der Waals surface area contributed by atoms with Gasteiger partial charge in [-0.1, -0.05) is 11.6 Å². The van der Waals surface area contributed by atoms with Crippen LogP contribution in [0, 0.1) is 0 Å². The molecule has 1 aliphatic heterocycles. The number of fused-ring (bicyclic) bond motifs is 1. The van der Waals surface area contributed by atoms with Gasteiger partial charge in [-0.3, -0.25) is 9.78 Å². The number of pyridine rings is 1. The Bertz CT molecular complexity index is 805. The summed E-state index contributed by atoms with van der Waals surface area (Å²) in [7, 11) is 0. The Kier molecular flexibility index (Phi) is 6.01. The highest BCUT2D eigenvalue weighted by Gasteiger charge is 2.30. The van der Waals surface area contributed by atoms with Crippen molar-refractivity contribution in [1.82, 2.24) is 9.88 Å². The molecule has 2 heterocycles. The number of nitrogens with two attached hydrogens (primary N) is 1. The lowest BCUT2D eigenvalue weighted by Crippen LogP contribution is -2.51. The second kappa shape index (κ2) is 7.70. The van der Waals surface area contributed by atoms with E-state index in [2.05, 4.69) is 4.98 Å². The number of carbonyl (C=O) groups is 1. The summed E-state index contributed by atoms with van der Waals surface area (Å²) in [5.74, 6) is 0.242. The molecule has 1 aromatic carbocycles. The Morgan fingerprint density at radius 1 is 1.38 bits per heavy atom. The van der Waals surface area contributed by atoms with Gasteiger partial charge in [0.05, 0.1) is 22.8 Å². The number of phenolic OH excluding ortho intramolecular Hbond substituents is 1. The molecule has 3 rings (SSSR count). The fraction of sp³-hybridized carbons (Fsp3) is 0.333. The topological polar surface area (TPSA) is 88.7 Å². The van der Waals surface area contributed by atoms with Crippen LogP contribution in [0.2, 0.25) is 5.02 Å². The van der Waals surface area contributed by atoms with Gasteiger partial charge in [-0.05, 0) is 38.1 Å². The SMILES string of the molecule is CC(C)(N)C(=O)N1CCOc2c(O)cc(-c3ccc(Cl)cn3)cc2C1.Cl. The van der Waals surface area contributed by atoms with Gasteiger partial charge in [0.25, 0.3) is 0 Å². The van der Waals surface area contributed by atoms with Crippen molar-refractivity contribution in [2.75, 3.05) is 13.2 Å². The number of phenols is 1. The van der Waals surface area contributed by atoms with Crippen molar-refractivity contribution in [2.24, 2.45) is 5.73 Å². The van der Waals surface area contributed by atoms with Crippen LogP contribution in [0.3, 0.4) is 0 Å². The summed E-state index contributed by atoms with van der Waals surface area (Å²) in [4.78, 5) is 18.4. The van der Waals surface area contributed by atoms with Crippen molar-refractivity contribution >= 4 is 29.9 Å². The molecule has 0 spiro atoms. The first-order valence-electron chi connectivity index (χ1n) is 7.94. The summed E-state index contributed by atoms with van der Waals surface area (Å²) in [6.45, 7) is 4.36. The number of aromatic nitrogens is 1. The normalized spacial score (nSPS) is 13.9. The third-order valence-corrected chi connectivity index (χ3v) is 4.20. The molecule has 0 bridgehead atoms. The van der Waals surface area contributed by atoms with Crippen LogP contribution in [0.4, 0.5) is 0 Å². The van der Waals surface area contributed by atoms with Gasteiger partial charge in [0, 0.05) is 23.9 Å². The maximum Gasteiger partial charge on any atom is 0.242 e. The molecule has 26 heavy (non-hydrogen) atoms. The van der Waals surface area contributed by atoms with Crippen LogP contribution < -0.4 is 10.5 Å². The maximum atomic E-state index is 12.5. The average molecular weight is 398 g/mol. The number of ether oxygens (including phenoxy) is 1. The minimum Gasteiger partial charge on any atom is -0.504 e. The number of aromatic hydroxyl groups is 1. The van der Waals surface area contributed by atoms with Gasteiger partial charge in [0.1, 0.15) is 6.61 Å². The third kappa shape index (κ3) is 4.20. The van der Waals surface area contributed by atoms with Crippen molar-refractivity contribution in [3.63, 3.8) is 0 Å². The van der Waals surface area contributed by atoms with E-state index in [1.807, 2.05) is 6.07 Å². The average Bonchev–Trinajstić information content (AvgIpc) is 2.76. The van der Waals surface area contributed by atoms with Crippen LogP contribution in [0.1, 0.15) is 19.4 Å². The molecule has 2 aromatic rings. The second-order valence-corrected chi connectivity index (χ2v) is 7.08. The van der Waals surface area contributed by atoms with Gasteiger partial charge in [-0.15, -0.1) is 12.4 Å². The fourth-order valence-electron chi connectivity index (χ4n) is 2.77. The second-order valence-electron chi connectivity index (χ2n) is 6.64. The standard InChI is InChI=1S/C18H20ClN3O3.ClH/c1-18(2,20)17(24)22-5-6-25-16-12(10-22)7-11(8-15(16)23)14-4-3-13(19)9-21-14;/h3-4,7-9,23H,5-6,10,20H2,1-2H3;1H. The predicted molar refractivity (Wildman–Crippen MR) is 103 cm³/mol. The molecule has 0 saturated carbocycles. The monoisotopic (exact) mass is 397 g/mol. The predicted octanol–water partition coefficient (Wildman–Crippen LogP) is 2.99. The van der Waals surface area contributed by atoms with Crippen LogP contribution >= 0.6 is 24.0 Å². The molecule has 0 fully saturated rings. The first-order chi connectivity index (χ1) is 11.8. The summed E-state index contributed by atoms with van der Waals surface area (Å²) in [6.07, 6.45) is 1.54. The summed E-state index contributed by atoms with van der Waals surface area (Å²) < 4.78 is 5.66. The quantitative estimate of drug-likeness (QED) is 0.812. The molecule has 8 heteroatoms. The minimum absolute atomic E-state index is 0. The number of halogens is 2. The minimum atomic E-state index is -0.970. The van der Waals surface area contributed by atoms with E-state index in [0.717, 1.165) is 5.56 Å². The van der Waals surface area contributed by atoms with Crippen LogP contribution in [-0.4, -0.2) is 39.6 Å². The Hall–Kier alpha value is -2.02. The van der Waals surface area contributed by atoms with Crippen LogP contribution in [0.5, 0.6) is 11.5 Å². The van der Waals surface area contributed by atoms with E-state index in [4.69, 9.17) is 22.1 Å². The van der Waals surface area contributed by atoms with Gasteiger partial charge < -0.3 is 20.5 Å². The Balaban J connectivity index is 0.00000243. The number of hydrogen-bond acceptors (Lipinski definition) is 5. The van der Waals surface area contributed by atoms with Gasteiger partial charge in [-0.25, -0.2) is 0 Å². The van der Waals surface area contributed by atoms with Crippen molar-refractivity contribution < 1.29 is 14.6 Å². The number of benzene rings is 1. The zero-order valence-electron chi connectivity index (χ0n) is 14.5. The van der Waals surface area contributed by atoms with E-state index in [-0.39, 0.29) is 24.1 Å². The Labute approximate surface area is 163 Å². The molecule has 0 unspecified atom stereocenters. The van der Waals surface area contributed by atoms with Crippen molar-refractivity contribution in [3.05, 3.63) is 41.0 Å². The van der Waals surface area contributed by atoms with Crippen LogP contribution in [0.25, 0.3) is 11.3 Å². The molecular formula is C18H21Cl2N3O3. The molecular weight excluding hydrogens is 377 g/mol. The number of carbonyl (C=O) groups excluding carboxylic acids is 1. The zero-order valence-corrected chi connectivity index (χ0v) is 16.1. The van der Waals surface area contributed by atoms with Crippen molar-refractivity contribution in [1.29, 1.82) is 0 Å². The van der Waals surface area contributed by atoms with E-state index < -0.39 is 5.54 Å². The fourth-order valence-corrected chi connectivity index (χ4v) is 2.89. The summed E-state index contributed by atoms with van der Waals surface area (Å²) in [5, 5.41) is 10.9. The van der Waals surface area contributed by atoms with E-state index in [0.29, 0.717) is 41.7 Å². The van der Waals surface area contributed by atoms with E-state index in [1.165, 1.54) is 0 Å².